The highest BCUT2D eigenvalue weighted by atomic mass is 32.2. The van der Waals surface area contributed by atoms with E-state index in [1.54, 1.807) is 24.3 Å². The lowest BCUT2D eigenvalue weighted by Gasteiger charge is -2.09. The molecule has 0 aliphatic carbocycles. The summed E-state index contributed by atoms with van der Waals surface area (Å²) in [5, 5.41) is 6.28. The van der Waals surface area contributed by atoms with E-state index < -0.39 is 31.7 Å². The molecule has 0 bridgehead atoms. The highest BCUT2D eigenvalue weighted by Crippen LogP contribution is 2.24. The van der Waals surface area contributed by atoms with E-state index in [0.717, 1.165) is 6.07 Å². The molecule has 2 aromatic carbocycles. The first kappa shape index (κ1) is 18.1. The first-order valence-corrected chi connectivity index (χ1v) is 9.38. The number of methoxy groups -OCH3 is 1. The molecule has 24 heavy (non-hydrogen) atoms. The Labute approximate surface area is 141 Å². The molecule has 3 N–H and O–H groups in total. The van der Waals surface area contributed by atoms with Gasteiger partial charge in [-0.1, -0.05) is 24.3 Å². The Hall–Kier alpha value is -2.23. The predicted octanol–water partition coefficient (Wildman–Crippen LogP) is 2.23. The zero-order valence-corrected chi connectivity index (χ0v) is 14.2. The molecule has 1 unspecified atom stereocenters. The molecule has 6 nitrogen and oxygen atoms in total. The number of sulfonamides is 1. The van der Waals surface area contributed by atoms with Crippen LogP contribution in [0.5, 0.6) is 5.75 Å². The Kier molecular flexibility index (Phi) is 5.71. The molecule has 0 saturated heterocycles. The number of ether oxygens (including phenoxy) is 1. The van der Waals surface area contributed by atoms with Crippen molar-refractivity contribution >= 4 is 32.8 Å². The summed E-state index contributed by atoms with van der Waals surface area (Å²) < 4.78 is 56.3. The quantitative estimate of drug-likeness (QED) is 0.814. The maximum absolute atomic E-state index is 13.7. The molecule has 9 heteroatoms. The van der Waals surface area contributed by atoms with E-state index in [1.807, 2.05) is 0 Å². The summed E-state index contributed by atoms with van der Waals surface area (Å²) in [5.74, 6) is -0.435. The Morgan fingerprint density at radius 1 is 1.21 bits per heavy atom. The summed E-state index contributed by atoms with van der Waals surface area (Å²) in [4.78, 5) is -0.732. The lowest BCUT2D eigenvalue weighted by atomic mass is 10.2. The minimum Gasteiger partial charge on any atom is -0.496 e. The van der Waals surface area contributed by atoms with Crippen LogP contribution in [0.4, 0.5) is 10.1 Å². The van der Waals surface area contributed by atoms with Gasteiger partial charge in [-0.05, 0) is 24.3 Å². The van der Waals surface area contributed by atoms with Crippen molar-refractivity contribution in [2.75, 3.05) is 11.8 Å². The van der Waals surface area contributed by atoms with E-state index in [-0.39, 0.29) is 5.69 Å². The van der Waals surface area contributed by atoms with Crippen LogP contribution in [0, 0.1) is 5.82 Å². The number of halogens is 1. The van der Waals surface area contributed by atoms with Gasteiger partial charge in [-0.25, -0.2) is 22.2 Å². The number of hydrogen-bond acceptors (Lipinski definition) is 4. The zero-order valence-electron chi connectivity index (χ0n) is 12.6. The van der Waals surface area contributed by atoms with Crippen LogP contribution < -0.4 is 14.6 Å². The molecule has 0 heterocycles. The first-order chi connectivity index (χ1) is 11.3. The molecule has 0 aliphatic rings. The Morgan fingerprint density at radius 3 is 2.58 bits per heavy atom. The molecule has 0 saturated carbocycles. The number of anilines is 1. The molecule has 0 spiro atoms. The topological polar surface area (TPSA) is 98.5 Å². The summed E-state index contributed by atoms with van der Waals surface area (Å²) in [6.07, 6.45) is 1.54. The molecule has 128 valence electrons. The number of primary sulfonamides is 1. The van der Waals surface area contributed by atoms with E-state index in [2.05, 4.69) is 4.72 Å². The van der Waals surface area contributed by atoms with Gasteiger partial charge in [-0.15, -0.1) is 0 Å². The third-order valence-corrected chi connectivity index (χ3v) is 4.76. The van der Waals surface area contributed by atoms with Gasteiger partial charge in [0.05, 0.1) is 12.8 Å². The Bertz CT molecular complexity index is 898. The average Bonchev–Trinajstić information content (AvgIpc) is 2.52. The van der Waals surface area contributed by atoms with Crippen LogP contribution in [0.15, 0.2) is 52.8 Å². The molecule has 2 aromatic rings. The SMILES string of the molecule is COc1ccccc1/C=C/S(=O)Nc1cccc(F)c1S(N)(=O)=O. The van der Waals surface area contributed by atoms with Crippen molar-refractivity contribution in [3.8, 4) is 5.75 Å². The Balaban J connectivity index is 2.25. The molecule has 0 fully saturated rings. The van der Waals surface area contributed by atoms with Crippen molar-refractivity contribution in [1.82, 2.24) is 0 Å². The number of para-hydroxylation sites is 1. The number of rotatable bonds is 6. The lowest BCUT2D eigenvalue weighted by molar-refractivity contribution is 0.414. The molecule has 0 aromatic heterocycles. The summed E-state index contributed by atoms with van der Waals surface area (Å²) in [5.41, 5.74) is 0.501. The van der Waals surface area contributed by atoms with E-state index >= 15 is 0 Å². The zero-order chi connectivity index (χ0) is 17.7. The Morgan fingerprint density at radius 2 is 1.92 bits per heavy atom. The monoisotopic (exact) mass is 370 g/mol. The van der Waals surface area contributed by atoms with Crippen LogP contribution in [0.2, 0.25) is 0 Å². The van der Waals surface area contributed by atoms with Crippen LogP contribution in [0.25, 0.3) is 6.08 Å². The fourth-order valence-corrected chi connectivity index (χ4v) is 3.52. The molecular formula is C15H15FN2O4S2. The maximum Gasteiger partial charge on any atom is 0.243 e. The van der Waals surface area contributed by atoms with Crippen LogP contribution in [-0.4, -0.2) is 19.7 Å². The van der Waals surface area contributed by atoms with Gasteiger partial charge < -0.3 is 9.46 Å². The minimum atomic E-state index is -4.30. The van der Waals surface area contributed by atoms with E-state index in [0.29, 0.717) is 11.3 Å². The first-order valence-electron chi connectivity index (χ1n) is 6.62. The second-order valence-corrected chi connectivity index (χ2v) is 7.18. The molecular weight excluding hydrogens is 355 g/mol. The largest absolute Gasteiger partial charge is 0.496 e. The van der Waals surface area contributed by atoms with E-state index in [1.165, 1.54) is 30.7 Å². The molecule has 1 atom stereocenters. The van der Waals surface area contributed by atoms with Gasteiger partial charge >= 0.3 is 0 Å². The molecule has 2 rings (SSSR count). The van der Waals surface area contributed by atoms with Crippen LogP contribution in [-0.2, 0) is 21.0 Å². The fourth-order valence-electron chi connectivity index (χ4n) is 1.96. The predicted molar refractivity (Wildman–Crippen MR) is 91.6 cm³/mol. The van der Waals surface area contributed by atoms with E-state index in [4.69, 9.17) is 9.88 Å². The van der Waals surface area contributed by atoms with Crippen LogP contribution in [0.1, 0.15) is 5.56 Å². The van der Waals surface area contributed by atoms with Crippen molar-refractivity contribution in [1.29, 1.82) is 0 Å². The van der Waals surface area contributed by atoms with Crippen molar-refractivity contribution in [2.45, 2.75) is 4.90 Å². The van der Waals surface area contributed by atoms with Gasteiger partial charge in [0, 0.05) is 11.0 Å². The van der Waals surface area contributed by atoms with Crippen molar-refractivity contribution in [2.24, 2.45) is 5.14 Å². The van der Waals surface area contributed by atoms with Gasteiger partial charge in [-0.3, -0.25) is 0 Å². The smallest absolute Gasteiger partial charge is 0.243 e. The van der Waals surface area contributed by atoms with Gasteiger partial charge in [0.15, 0.2) is 0 Å². The minimum absolute atomic E-state index is 0.180. The van der Waals surface area contributed by atoms with Crippen molar-refractivity contribution in [3.05, 3.63) is 59.3 Å². The van der Waals surface area contributed by atoms with Crippen LogP contribution >= 0.6 is 0 Å². The second kappa shape index (κ2) is 7.56. The standard InChI is InChI=1S/C15H15FN2O4S2/c1-22-14-8-3-2-5-11(14)9-10-23(19)18-13-7-4-6-12(16)15(13)24(17,20)21/h2-10,18H,1H3,(H2,17,20,21)/b10-9+. The maximum atomic E-state index is 13.7. The van der Waals surface area contributed by atoms with Gasteiger partial charge in [0.25, 0.3) is 0 Å². The number of hydrogen-bond donors (Lipinski definition) is 2. The van der Waals surface area contributed by atoms with Crippen molar-refractivity contribution < 1.29 is 21.8 Å². The highest BCUT2D eigenvalue weighted by molar-refractivity contribution is 7.90. The number of nitrogens with two attached hydrogens (primary N) is 1. The number of nitrogens with one attached hydrogen (secondary N) is 1. The number of benzene rings is 2. The van der Waals surface area contributed by atoms with Gasteiger partial charge in [-0.2, -0.15) is 0 Å². The second-order valence-electron chi connectivity index (χ2n) is 4.61. The van der Waals surface area contributed by atoms with Gasteiger partial charge in [0.1, 0.15) is 27.4 Å². The average molecular weight is 370 g/mol. The molecule has 0 amide bonds. The van der Waals surface area contributed by atoms with Crippen LogP contribution in [0.3, 0.4) is 0 Å². The normalized spacial score (nSPS) is 13.0. The summed E-state index contributed by atoms with van der Waals surface area (Å²) in [6.45, 7) is 0. The van der Waals surface area contributed by atoms with Gasteiger partial charge in [0.2, 0.25) is 10.0 Å². The third-order valence-electron chi connectivity index (χ3n) is 2.97. The fraction of sp³-hybridized carbons (Fsp3) is 0.0667. The summed E-state index contributed by atoms with van der Waals surface area (Å²) in [7, 11) is -4.60. The van der Waals surface area contributed by atoms with Crippen molar-refractivity contribution in [3.63, 3.8) is 0 Å². The van der Waals surface area contributed by atoms with E-state index in [9.17, 15) is 17.0 Å². The molecule has 0 aliphatic heterocycles. The third kappa shape index (κ3) is 4.40. The summed E-state index contributed by atoms with van der Waals surface area (Å²) >= 11 is 0. The lowest BCUT2D eigenvalue weighted by Crippen LogP contribution is -2.17. The molecule has 0 radical (unpaired) electrons. The summed E-state index contributed by atoms with van der Waals surface area (Å²) in [6, 6.07) is 10.6. The highest BCUT2D eigenvalue weighted by Gasteiger charge is 2.20.